The van der Waals surface area contributed by atoms with Crippen molar-refractivity contribution in [2.75, 3.05) is 5.32 Å². The van der Waals surface area contributed by atoms with Gasteiger partial charge in [-0.15, -0.1) is 0 Å². The lowest BCUT2D eigenvalue weighted by Crippen LogP contribution is -2.22. The Bertz CT molecular complexity index is 433. The number of non-ortho nitro benzene ring substituents is 1. The molecule has 0 bridgehead atoms. The van der Waals surface area contributed by atoms with E-state index in [2.05, 4.69) is 5.32 Å². The molecule has 1 aromatic rings. The first-order valence-corrected chi connectivity index (χ1v) is 6.67. The maximum atomic E-state index is 10.7. The van der Waals surface area contributed by atoms with Crippen LogP contribution in [-0.4, -0.2) is 11.0 Å². The number of rotatable bonds is 3. The summed E-state index contributed by atoms with van der Waals surface area (Å²) >= 11 is 6.13. The predicted molar refractivity (Wildman–Crippen MR) is 73.3 cm³/mol. The second-order valence-electron chi connectivity index (χ2n) is 4.86. The molecule has 18 heavy (non-hydrogen) atoms. The molecule has 0 unspecified atom stereocenters. The van der Waals surface area contributed by atoms with Crippen LogP contribution in [0.2, 0.25) is 5.02 Å². The number of nitrogens with one attached hydrogen (secondary N) is 1. The van der Waals surface area contributed by atoms with Crippen LogP contribution < -0.4 is 5.32 Å². The lowest BCUT2D eigenvalue weighted by atomic mass is 9.95. The molecule has 1 aliphatic rings. The topological polar surface area (TPSA) is 55.2 Å². The maximum Gasteiger partial charge on any atom is 0.271 e. The number of nitro groups is 1. The summed E-state index contributed by atoms with van der Waals surface area (Å²) in [4.78, 5) is 10.3. The van der Waals surface area contributed by atoms with Crippen LogP contribution in [0.5, 0.6) is 0 Å². The van der Waals surface area contributed by atoms with E-state index in [-0.39, 0.29) is 5.69 Å². The summed E-state index contributed by atoms with van der Waals surface area (Å²) in [6.07, 6.45) is 6.06. The third-order valence-corrected chi connectivity index (χ3v) is 3.73. The maximum absolute atomic E-state index is 10.7. The Morgan fingerprint density at radius 3 is 2.56 bits per heavy atom. The van der Waals surface area contributed by atoms with Gasteiger partial charge in [-0.3, -0.25) is 10.1 Å². The number of nitro benzene ring substituents is 1. The first-order chi connectivity index (χ1) is 8.58. The van der Waals surface area contributed by atoms with Crippen molar-refractivity contribution in [3.8, 4) is 0 Å². The van der Waals surface area contributed by atoms with E-state index in [1.54, 1.807) is 6.07 Å². The minimum atomic E-state index is -0.413. The number of hydrogen-bond acceptors (Lipinski definition) is 3. The van der Waals surface area contributed by atoms with Crippen molar-refractivity contribution in [1.29, 1.82) is 0 Å². The largest absolute Gasteiger partial charge is 0.381 e. The minimum Gasteiger partial charge on any atom is -0.381 e. The summed E-state index contributed by atoms with van der Waals surface area (Å²) < 4.78 is 0. The zero-order valence-corrected chi connectivity index (χ0v) is 11.2. The van der Waals surface area contributed by atoms with Crippen LogP contribution in [0.4, 0.5) is 11.4 Å². The van der Waals surface area contributed by atoms with Gasteiger partial charge in [0.15, 0.2) is 0 Å². The molecule has 0 aromatic heterocycles. The molecule has 2 rings (SSSR count). The van der Waals surface area contributed by atoms with Crippen LogP contribution in [0.1, 0.15) is 37.7 Å². The van der Waals surface area contributed by atoms with Gasteiger partial charge in [0.2, 0.25) is 0 Å². The Morgan fingerprint density at radius 2 is 2.00 bits per heavy atom. The van der Waals surface area contributed by atoms with Gasteiger partial charge in [-0.1, -0.05) is 30.9 Å². The fourth-order valence-corrected chi connectivity index (χ4v) is 2.78. The van der Waals surface area contributed by atoms with E-state index in [9.17, 15) is 10.1 Å². The van der Waals surface area contributed by atoms with Crippen molar-refractivity contribution in [3.63, 3.8) is 0 Å². The van der Waals surface area contributed by atoms with Gasteiger partial charge in [-0.2, -0.15) is 0 Å². The molecule has 0 radical (unpaired) electrons. The molecule has 1 saturated carbocycles. The molecule has 5 heteroatoms. The molecule has 0 spiro atoms. The highest BCUT2D eigenvalue weighted by Crippen LogP contribution is 2.33. The molecule has 0 atom stereocenters. The van der Waals surface area contributed by atoms with Crippen molar-refractivity contribution < 1.29 is 4.92 Å². The smallest absolute Gasteiger partial charge is 0.271 e. The van der Waals surface area contributed by atoms with Crippen molar-refractivity contribution in [2.45, 2.75) is 45.1 Å². The van der Waals surface area contributed by atoms with Gasteiger partial charge in [-0.05, 0) is 25.3 Å². The molecular formula is C13H17ClN2O2. The quantitative estimate of drug-likeness (QED) is 0.657. The van der Waals surface area contributed by atoms with E-state index >= 15 is 0 Å². The average molecular weight is 269 g/mol. The van der Waals surface area contributed by atoms with E-state index < -0.39 is 4.92 Å². The molecular weight excluding hydrogens is 252 g/mol. The number of halogens is 1. The number of hydrogen-bond donors (Lipinski definition) is 1. The van der Waals surface area contributed by atoms with Crippen molar-refractivity contribution in [2.24, 2.45) is 0 Å². The van der Waals surface area contributed by atoms with E-state index in [0.717, 1.165) is 24.1 Å². The van der Waals surface area contributed by atoms with Crippen LogP contribution in [0.25, 0.3) is 0 Å². The Kier molecular flexibility index (Phi) is 4.07. The summed E-state index contributed by atoms with van der Waals surface area (Å²) in [6, 6.07) is 3.42. The first kappa shape index (κ1) is 13.1. The van der Waals surface area contributed by atoms with Gasteiger partial charge < -0.3 is 5.32 Å². The van der Waals surface area contributed by atoms with Crippen molar-refractivity contribution >= 4 is 23.0 Å². The van der Waals surface area contributed by atoms with E-state index in [1.807, 2.05) is 6.92 Å². The molecule has 0 heterocycles. The summed E-state index contributed by atoms with van der Waals surface area (Å²) in [5.41, 5.74) is 1.72. The highest BCUT2D eigenvalue weighted by molar-refractivity contribution is 6.33. The molecule has 1 aromatic carbocycles. The Labute approximate surface area is 111 Å². The van der Waals surface area contributed by atoms with E-state index in [0.29, 0.717) is 11.1 Å². The van der Waals surface area contributed by atoms with E-state index in [1.165, 1.54) is 25.3 Å². The van der Waals surface area contributed by atoms with Gasteiger partial charge in [0.1, 0.15) is 0 Å². The number of benzene rings is 1. The predicted octanol–water partition coefficient (Wildman–Crippen LogP) is 4.30. The zero-order chi connectivity index (χ0) is 13.1. The first-order valence-electron chi connectivity index (χ1n) is 6.29. The molecule has 98 valence electrons. The summed E-state index contributed by atoms with van der Waals surface area (Å²) in [5.74, 6) is 0. The molecule has 4 nitrogen and oxygen atoms in total. The average Bonchev–Trinajstić information content (AvgIpc) is 2.34. The van der Waals surface area contributed by atoms with Crippen LogP contribution in [0.15, 0.2) is 12.1 Å². The lowest BCUT2D eigenvalue weighted by Gasteiger charge is -2.25. The van der Waals surface area contributed by atoms with Crippen molar-refractivity contribution in [3.05, 3.63) is 32.8 Å². The fourth-order valence-electron chi connectivity index (χ4n) is 2.47. The lowest BCUT2D eigenvalue weighted by molar-refractivity contribution is -0.384. The minimum absolute atomic E-state index is 0.0479. The number of aryl methyl sites for hydroxylation is 1. The number of nitrogens with zero attached hydrogens (tertiary/aromatic N) is 1. The normalized spacial score (nSPS) is 16.6. The molecule has 0 saturated heterocycles. The van der Waals surface area contributed by atoms with Gasteiger partial charge >= 0.3 is 0 Å². The molecule has 0 amide bonds. The highest BCUT2D eigenvalue weighted by atomic mass is 35.5. The Balaban J connectivity index is 2.19. The van der Waals surface area contributed by atoms with Gasteiger partial charge in [-0.25, -0.2) is 0 Å². The third kappa shape index (κ3) is 2.93. The Hall–Kier alpha value is -1.29. The van der Waals surface area contributed by atoms with E-state index in [4.69, 9.17) is 11.6 Å². The standard InChI is InChI=1S/C13H17ClN2O2/c1-9-7-11(16(17)18)8-12(14)13(9)15-10-5-3-2-4-6-10/h7-8,10,15H,2-6H2,1H3. The third-order valence-electron chi connectivity index (χ3n) is 3.44. The molecule has 1 fully saturated rings. The second-order valence-corrected chi connectivity index (χ2v) is 5.26. The van der Waals surface area contributed by atoms with Gasteiger partial charge in [0.25, 0.3) is 5.69 Å². The van der Waals surface area contributed by atoms with Crippen molar-refractivity contribution in [1.82, 2.24) is 0 Å². The molecule has 1 aliphatic carbocycles. The zero-order valence-electron chi connectivity index (χ0n) is 10.4. The summed E-state index contributed by atoms with van der Waals surface area (Å²) in [5, 5.41) is 14.6. The van der Waals surface area contributed by atoms with Crippen LogP contribution in [0.3, 0.4) is 0 Å². The Morgan fingerprint density at radius 1 is 1.33 bits per heavy atom. The van der Waals surface area contributed by atoms with Crippen LogP contribution in [0, 0.1) is 17.0 Å². The van der Waals surface area contributed by atoms with Gasteiger partial charge in [0, 0.05) is 18.2 Å². The fraction of sp³-hybridized carbons (Fsp3) is 0.538. The summed E-state index contributed by atoms with van der Waals surface area (Å²) in [6.45, 7) is 1.85. The highest BCUT2D eigenvalue weighted by Gasteiger charge is 2.18. The molecule has 1 N–H and O–H groups in total. The van der Waals surface area contributed by atoms with Crippen LogP contribution >= 0.6 is 11.6 Å². The SMILES string of the molecule is Cc1cc([N+](=O)[O-])cc(Cl)c1NC1CCCCC1. The molecule has 0 aliphatic heterocycles. The summed E-state index contributed by atoms with van der Waals surface area (Å²) in [7, 11) is 0. The van der Waals surface area contributed by atoms with Crippen LogP contribution in [-0.2, 0) is 0 Å². The number of anilines is 1. The monoisotopic (exact) mass is 268 g/mol. The second kappa shape index (κ2) is 5.57. The van der Waals surface area contributed by atoms with Gasteiger partial charge in [0.05, 0.1) is 15.6 Å².